The van der Waals surface area contributed by atoms with Gasteiger partial charge >= 0.3 is 0 Å². The maximum absolute atomic E-state index is 11.3. The normalized spacial score (nSPS) is 11.3. The number of unbranched alkanes of at least 4 members (excludes halogenated alkanes) is 1. The van der Waals surface area contributed by atoms with E-state index in [0.717, 1.165) is 18.4 Å². The first kappa shape index (κ1) is 21.6. The Labute approximate surface area is 175 Å². The second kappa shape index (κ2) is 10.1. The van der Waals surface area contributed by atoms with Crippen LogP contribution >= 0.6 is 0 Å². The van der Waals surface area contributed by atoms with Crippen LogP contribution < -0.4 is 20.9 Å². The van der Waals surface area contributed by atoms with E-state index in [0.29, 0.717) is 41.9 Å². The standard InChI is InChI=1S/C20H24N6O3S/c21-10-3-4-11-29-18-9-2-1-8-17(18)19-23-14-24-20(26-19)25-16-7-5-6-15(12-16)13-30(22,27)28/h1-2,5-9,12,14H,3-4,10-11,13,21H2,(H2,22,27,28)(H,23,24,25,26). The van der Waals surface area contributed by atoms with E-state index in [1.54, 1.807) is 24.3 Å². The SMILES string of the molecule is NCCCCOc1ccccc1-c1ncnc(Nc2cccc(CS(N)(=O)=O)c2)n1. The summed E-state index contributed by atoms with van der Waals surface area (Å²) in [5.74, 6) is 1.22. The van der Waals surface area contributed by atoms with Crippen molar-refractivity contribution in [1.29, 1.82) is 0 Å². The van der Waals surface area contributed by atoms with Crippen molar-refractivity contribution in [3.63, 3.8) is 0 Å². The number of anilines is 2. The molecule has 1 heterocycles. The van der Waals surface area contributed by atoms with Crippen molar-refractivity contribution in [2.45, 2.75) is 18.6 Å². The van der Waals surface area contributed by atoms with Gasteiger partial charge in [-0.3, -0.25) is 0 Å². The number of aromatic nitrogens is 3. The smallest absolute Gasteiger partial charge is 0.230 e. The molecule has 0 atom stereocenters. The minimum absolute atomic E-state index is 0.250. The van der Waals surface area contributed by atoms with Gasteiger partial charge in [-0.15, -0.1) is 0 Å². The maximum atomic E-state index is 11.3. The van der Waals surface area contributed by atoms with E-state index in [2.05, 4.69) is 20.3 Å². The quantitative estimate of drug-likeness (QED) is 0.417. The molecule has 0 aliphatic rings. The summed E-state index contributed by atoms with van der Waals surface area (Å²) in [7, 11) is -3.62. The average molecular weight is 429 g/mol. The lowest BCUT2D eigenvalue weighted by atomic mass is 10.2. The monoisotopic (exact) mass is 428 g/mol. The van der Waals surface area contributed by atoms with Gasteiger partial charge < -0.3 is 15.8 Å². The van der Waals surface area contributed by atoms with Crippen LogP contribution in [-0.2, 0) is 15.8 Å². The molecule has 9 nitrogen and oxygen atoms in total. The van der Waals surface area contributed by atoms with Crippen molar-refractivity contribution in [2.75, 3.05) is 18.5 Å². The molecule has 0 saturated carbocycles. The topological polar surface area (TPSA) is 146 Å². The Morgan fingerprint density at radius 1 is 1.03 bits per heavy atom. The molecule has 0 amide bonds. The van der Waals surface area contributed by atoms with Gasteiger partial charge in [-0.05, 0) is 49.2 Å². The first-order chi connectivity index (χ1) is 14.4. The molecule has 5 N–H and O–H groups in total. The van der Waals surface area contributed by atoms with Gasteiger partial charge in [-0.1, -0.05) is 24.3 Å². The maximum Gasteiger partial charge on any atom is 0.230 e. The first-order valence-corrected chi connectivity index (χ1v) is 11.1. The molecule has 0 unspecified atom stereocenters. The summed E-state index contributed by atoms with van der Waals surface area (Å²) < 4.78 is 28.5. The summed E-state index contributed by atoms with van der Waals surface area (Å²) in [6.07, 6.45) is 3.17. The van der Waals surface area contributed by atoms with Gasteiger partial charge in [0.05, 0.1) is 17.9 Å². The van der Waals surface area contributed by atoms with Crippen LogP contribution in [-0.4, -0.2) is 36.5 Å². The summed E-state index contributed by atoms with van der Waals surface area (Å²) >= 11 is 0. The minimum atomic E-state index is -3.62. The Balaban J connectivity index is 1.78. The Kier molecular flexibility index (Phi) is 7.28. The second-order valence-electron chi connectivity index (χ2n) is 6.61. The molecule has 0 bridgehead atoms. The number of sulfonamides is 1. The Morgan fingerprint density at radius 2 is 1.87 bits per heavy atom. The number of hydrogen-bond donors (Lipinski definition) is 3. The van der Waals surface area contributed by atoms with Crippen LogP contribution in [0.3, 0.4) is 0 Å². The van der Waals surface area contributed by atoms with Gasteiger partial charge in [0, 0.05) is 5.69 Å². The number of hydrogen-bond acceptors (Lipinski definition) is 8. The van der Waals surface area contributed by atoms with E-state index in [-0.39, 0.29) is 5.75 Å². The molecule has 3 aromatic rings. The molecule has 1 aromatic heterocycles. The van der Waals surface area contributed by atoms with Crippen LogP contribution in [0, 0.1) is 0 Å². The van der Waals surface area contributed by atoms with E-state index < -0.39 is 10.0 Å². The highest BCUT2D eigenvalue weighted by Crippen LogP contribution is 2.28. The van der Waals surface area contributed by atoms with Crippen molar-refractivity contribution in [1.82, 2.24) is 15.0 Å². The van der Waals surface area contributed by atoms with Crippen LogP contribution in [0.5, 0.6) is 5.75 Å². The summed E-state index contributed by atoms with van der Waals surface area (Å²) in [6.45, 7) is 1.19. The number of ether oxygens (including phenoxy) is 1. The van der Waals surface area contributed by atoms with Crippen molar-refractivity contribution in [3.05, 3.63) is 60.4 Å². The number of para-hydroxylation sites is 1. The third kappa shape index (κ3) is 6.48. The highest BCUT2D eigenvalue weighted by molar-refractivity contribution is 7.88. The van der Waals surface area contributed by atoms with Gasteiger partial charge in [0.25, 0.3) is 0 Å². The zero-order valence-corrected chi connectivity index (χ0v) is 17.2. The Bertz CT molecular complexity index is 1090. The molecule has 10 heteroatoms. The fraction of sp³-hybridized carbons (Fsp3) is 0.250. The van der Waals surface area contributed by atoms with Crippen molar-refractivity contribution < 1.29 is 13.2 Å². The molecule has 3 rings (SSSR count). The van der Waals surface area contributed by atoms with E-state index in [1.807, 2.05) is 24.3 Å². The van der Waals surface area contributed by atoms with Gasteiger partial charge in [-0.25, -0.2) is 23.5 Å². The lowest BCUT2D eigenvalue weighted by molar-refractivity contribution is 0.309. The largest absolute Gasteiger partial charge is 0.493 e. The third-order valence-electron chi connectivity index (χ3n) is 4.11. The van der Waals surface area contributed by atoms with Crippen molar-refractivity contribution in [3.8, 4) is 17.1 Å². The molecule has 0 spiro atoms. The molecule has 0 aliphatic carbocycles. The number of rotatable bonds is 10. The highest BCUT2D eigenvalue weighted by atomic mass is 32.2. The molecule has 0 radical (unpaired) electrons. The Hall–Kier alpha value is -3.08. The zero-order valence-electron chi connectivity index (χ0n) is 16.4. The highest BCUT2D eigenvalue weighted by Gasteiger charge is 2.11. The van der Waals surface area contributed by atoms with E-state index in [4.69, 9.17) is 15.6 Å². The molecule has 0 saturated heterocycles. The van der Waals surface area contributed by atoms with E-state index in [9.17, 15) is 8.42 Å². The number of nitrogens with two attached hydrogens (primary N) is 2. The third-order valence-corrected chi connectivity index (χ3v) is 4.84. The van der Waals surface area contributed by atoms with Gasteiger partial charge in [-0.2, -0.15) is 4.98 Å². The van der Waals surface area contributed by atoms with Gasteiger partial charge in [0.15, 0.2) is 5.82 Å². The lowest BCUT2D eigenvalue weighted by Gasteiger charge is -2.11. The molecule has 0 aliphatic heterocycles. The second-order valence-corrected chi connectivity index (χ2v) is 8.22. The average Bonchev–Trinajstić information content (AvgIpc) is 2.71. The zero-order chi connectivity index (χ0) is 21.4. The Morgan fingerprint density at radius 3 is 2.67 bits per heavy atom. The predicted molar refractivity (Wildman–Crippen MR) is 116 cm³/mol. The number of nitrogens with one attached hydrogen (secondary N) is 1. The number of primary sulfonamides is 1. The van der Waals surface area contributed by atoms with Crippen molar-refractivity contribution in [2.24, 2.45) is 10.9 Å². The van der Waals surface area contributed by atoms with Gasteiger partial charge in [0.1, 0.15) is 12.1 Å². The minimum Gasteiger partial charge on any atom is -0.493 e. The van der Waals surface area contributed by atoms with Crippen LogP contribution in [0.4, 0.5) is 11.6 Å². The lowest BCUT2D eigenvalue weighted by Crippen LogP contribution is -2.14. The van der Waals surface area contributed by atoms with Crippen LogP contribution in [0.2, 0.25) is 0 Å². The fourth-order valence-corrected chi connectivity index (χ4v) is 3.44. The van der Waals surface area contributed by atoms with E-state index >= 15 is 0 Å². The van der Waals surface area contributed by atoms with Crippen LogP contribution in [0.25, 0.3) is 11.4 Å². The molecular formula is C20H24N6O3S. The molecule has 158 valence electrons. The summed E-state index contributed by atoms with van der Waals surface area (Å²) in [5.41, 5.74) is 7.47. The van der Waals surface area contributed by atoms with Crippen LogP contribution in [0.1, 0.15) is 18.4 Å². The summed E-state index contributed by atoms with van der Waals surface area (Å²) in [4.78, 5) is 12.9. The van der Waals surface area contributed by atoms with Crippen molar-refractivity contribution >= 4 is 21.7 Å². The molecule has 2 aromatic carbocycles. The molecule has 0 fully saturated rings. The summed E-state index contributed by atoms with van der Waals surface area (Å²) in [6, 6.07) is 14.4. The summed E-state index contributed by atoms with van der Waals surface area (Å²) in [5, 5.41) is 8.19. The molecular weight excluding hydrogens is 404 g/mol. The van der Waals surface area contributed by atoms with E-state index in [1.165, 1.54) is 6.33 Å². The first-order valence-electron chi connectivity index (χ1n) is 9.42. The van der Waals surface area contributed by atoms with Gasteiger partial charge in [0.2, 0.25) is 16.0 Å². The fourth-order valence-electron chi connectivity index (χ4n) is 2.79. The van der Waals surface area contributed by atoms with Crippen LogP contribution in [0.15, 0.2) is 54.9 Å². The number of benzene rings is 2. The predicted octanol–water partition coefficient (Wildman–Crippen LogP) is 2.19. The number of nitrogens with zero attached hydrogens (tertiary/aromatic N) is 3. The molecule has 30 heavy (non-hydrogen) atoms.